The van der Waals surface area contributed by atoms with Crippen molar-refractivity contribution in [1.82, 2.24) is 19.8 Å². The molecule has 164 valence electrons. The molecule has 7 nitrogen and oxygen atoms in total. The number of carbonyl (C=O) groups is 1. The first-order valence-electron chi connectivity index (χ1n) is 11.2. The Bertz CT molecular complexity index is 1120. The first-order chi connectivity index (χ1) is 15.8. The highest BCUT2D eigenvalue weighted by atomic mass is 16.5. The largest absolute Gasteiger partial charge is 0.463 e. The van der Waals surface area contributed by atoms with Crippen LogP contribution in [0.3, 0.4) is 0 Å². The topological polar surface area (TPSA) is 61.8 Å². The van der Waals surface area contributed by atoms with Gasteiger partial charge in [0.25, 0.3) is 5.91 Å². The number of para-hydroxylation sites is 2. The van der Waals surface area contributed by atoms with Crippen LogP contribution in [0.4, 0.5) is 5.82 Å². The number of aromatic nitrogens is 2. The van der Waals surface area contributed by atoms with Crippen LogP contribution >= 0.6 is 0 Å². The third-order valence-electron chi connectivity index (χ3n) is 6.13. The summed E-state index contributed by atoms with van der Waals surface area (Å²) in [6.45, 7) is 5.69. The van der Waals surface area contributed by atoms with Crippen LogP contribution < -0.4 is 9.64 Å². The molecule has 3 heterocycles. The molecule has 0 N–H and O–H groups in total. The third-order valence-corrected chi connectivity index (χ3v) is 6.13. The summed E-state index contributed by atoms with van der Waals surface area (Å²) >= 11 is 0. The zero-order chi connectivity index (χ0) is 21.8. The number of piperazine rings is 1. The van der Waals surface area contributed by atoms with Crippen LogP contribution in [0.1, 0.15) is 23.2 Å². The van der Waals surface area contributed by atoms with Crippen molar-refractivity contribution < 1.29 is 9.53 Å². The molecule has 0 saturated carbocycles. The Kier molecular flexibility index (Phi) is 5.98. The maximum atomic E-state index is 12.8. The smallest absolute Gasteiger partial charge is 0.261 e. The molecule has 1 amide bonds. The van der Waals surface area contributed by atoms with E-state index in [0.29, 0.717) is 17.9 Å². The third kappa shape index (κ3) is 4.29. The van der Waals surface area contributed by atoms with Gasteiger partial charge in [0.1, 0.15) is 24.2 Å². The van der Waals surface area contributed by atoms with Crippen molar-refractivity contribution in [3.05, 3.63) is 72.9 Å². The lowest BCUT2D eigenvalue weighted by Gasteiger charge is -2.35. The number of anilines is 1. The van der Waals surface area contributed by atoms with Crippen LogP contribution in [0.5, 0.6) is 5.75 Å². The molecule has 3 aromatic rings. The zero-order valence-corrected chi connectivity index (χ0v) is 18.1. The van der Waals surface area contributed by atoms with Crippen LogP contribution in [0, 0.1) is 0 Å². The van der Waals surface area contributed by atoms with E-state index in [1.165, 1.54) is 0 Å². The molecule has 7 heteroatoms. The van der Waals surface area contributed by atoms with Gasteiger partial charge in [0.2, 0.25) is 0 Å². The Labute approximate surface area is 187 Å². The molecular formula is C25H27N5O2. The predicted molar refractivity (Wildman–Crippen MR) is 125 cm³/mol. The van der Waals surface area contributed by atoms with Crippen molar-refractivity contribution in [1.29, 1.82) is 0 Å². The molecule has 0 atom stereocenters. The highest BCUT2D eigenvalue weighted by Gasteiger charge is 2.21. The lowest BCUT2D eigenvalue weighted by molar-refractivity contribution is 0.0820. The molecule has 1 saturated heterocycles. The molecule has 2 aromatic carbocycles. The van der Waals surface area contributed by atoms with Crippen molar-refractivity contribution in [3.63, 3.8) is 0 Å². The molecule has 0 radical (unpaired) electrons. The number of fused-ring (bicyclic) bond motifs is 2. The fourth-order valence-electron chi connectivity index (χ4n) is 4.37. The first kappa shape index (κ1) is 20.5. The van der Waals surface area contributed by atoms with E-state index in [2.05, 4.69) is 25.8 Å². The quantitative estimate of drug-likeness (QED) is 0.559. The Hall–Kier alpha value is -3.45. The summed E-state index contributed by atoms with van der Waals surface area (Å²) in [5.74, 6) is 1.65. The van der Waals surface area contributed by atoms with Gasteiger partial charge >= 0.3 is 0 Å². The average Bonchev–Trinajstić information content (AvgIpc) is 3.01. The van der Waals surface area contributed by atoms with E-state index in [9.17, 15) is 4.79 Å². The van der Waals surface area contributed by atoms with Gasteiger partial charge < -0.3 is 14.5 Å². The van der Waals surface area contributed by atoms with Gasteiger partial charge in [0, 0.05) is 44.3 Å². The fourth-order valence-corrected chi connectivity index (χ4v) is 4.37. The van der Waals surface area contributed by atoms with Gasteiger partial charge in [0.15, 0.2) is 0 Å². The van der Waals surface area contributed by atoms with Gasteiger partial charge in [-0.1, -0.05) is 24.3 Å². The van der Waals surface area contributed by atoms with Crippen molar-refractivity contribution in [3.8, 4) is 5.75 Å². The Balaban J connectivity index is 1.09. The summed E-state index contributed by atoms with van der Waals surface area (Å²) in [4.78, 5) is 28.3. The van der Waals surface area contributed by atoms with Gasteiger partial charge in [0.05, 0.1) is 11.1 Å². The lowest BCUT2D eigenvalue weighted by atomic mass is 10.1. The summed E-state index contributed by atoms with van der Waals surface area (Å²) < 4.78 is 5.56. The minimum Gasteiger partial charge on any atom is -0.463 e. The normalized spacial score (nSPS) is 16.7. The second-order valence-electron chi connectivity index (χ2n) is 8.15. The number of unbranched alkanes of at least 4 members (excludes halogenated alkanes) is 1. The number of hydrogen-bond acceptors (Lipinski definition) is 6. The first-order valence-corrected chi connectivity index (χ1v) is 11.2. The summed E-state index contributed by atoms with van der Waals surface area (Å²) in [6.07, 6.45) is 7.00. The van der Waals surface area contributed by atoms with Gasteiger partial charge in [-0.2, -0.15) is 0 Å². The van der Waals surface area contributed by atoms with E-state index in [4.69, 9.17) is 4.74 Å². The number of amides is 1. The SMILES string of the molecule is O=C1c2ccccc2OC=CN1CCCCN1CCN(c2ncnc3ccccc23)CC1. The highest BCUT2D eigenvalue weighted by molar-refractivity contribution is 5.97. The number of benzene rings is 2. The number of ether oxygens (including phenoxy) is 1. The van der Waals surface area contributed by atoms with Crippen molar-refractivity contribution >= 4 is 22.6 Å². The van der Waals surface area contributed by atoms with E-state index in [0.717, 1.165) is 62.3 Å². The molecule has 2 aliphatic rings. The molecule has 0 unspecified atom stereocenters. The van der Waals surface area contributed by atoms with Crippen LogP contribution in [0.2, 0.25) is 0 Å². The molecule has 0 spiro atoms. The van der Waals surface area contributed by atoms with Crippen molar-refractivity contribution in [2.75, 3.05) is 44.2 Å². The van der Waals surface area contributed by atoms with E-state index in [-0.39, 0.29) is 5.91 Å². The van der Waals surface area contributed by atoms with Crippen LogP contribution in [0.25, 0.3) is 10.9 Å². The maximum absolute atomic E-state index is 12.8. The summed E-state index contributed by atoms with van der Waals surface area (Å²) in [7, 11) is 0. The van der Waals surface area contributed by atoms with E-state index in [1.807, 2.05) is 42.5 Å². The number of hydrogen-bond donors (Lipinski definition) is 0. The van der Waals surface area contributed by atoms with Gasteiger partial charge in [-0.05, 0) is 43.7 Å². The zero-order valence-electron chi connectivity index (χ0n) is 18.1. The second-order valence-corrected chi connectivity index (χ2v) is 8.15. The molecule has 0 aliphatic carbocycles. The summed E-state index contributed by atoms with van der Waals surface area (Å²) in [5, 5.41) is 1.11. The maximum Gasteiger partial charge on any atom is 0.261 e. The molecule has 0 bridgehead atoms. The number of nitrogens with zero attached hydrogens (tertiary/aromatic N) is 5. The van der Waals surface area contributed by atoms with E-state index >= 15 is 0 Å². The Morgan fingerprint density at radius 3 is 2.56 bits per heavy atom. The predicted octanol–water partition coefficient (Wildman–Crippen LogP) is 3.54. The molecule has 5 rings (SSSR count). The monoisotopic (exact) mass is 429 g/mol. The molecule has 1 fully saturated rings. The van der Waals surface area contributed by atoms with Crippen molar-refractivity contribution in [2.24, 2.45) is 0 Å². The van der Waals surface area contributed by atoms with Crippen LogP contribution in [-0.2, 0) is 0 Å². The van der Waals surface area contributed by atoms with E-state index < -0.39 is 0 Å². The van der Waals surface area contributed by atoms with Gasteiger partial charge in [-0.15, -0.1) is 0 Å². The molecular weight excluding hydrogens is 402 g/mol. The van der Waals surface area contributed by atoms with E-state index in [1.54, 1.807) is 23.7 Å². The number of rotatable bonds is 6. The minimum absolute atomic E-state index is 0.0000387. The minimum atomic E-state index is 0.0000387. The van der Waals surface area contributed by atoms with Crippen molar-refractivity contribution in [2.45, 2.75) is 12.8 Å². The highest BCUT2D eigenvalue weighted by Crippen LogP contribution is 2.24. The molecule has 2 aliphatic heterocycles. The van der Waals surface area contributed by atoms with Crippen LogP contribution in [0.15, 0.2) is 67.3 Å². The fraction of sp³-hybridized carbons (Fsp3) is 0.320. The summed E-state index contributed by atoms with van der Waals surface area (Å²) in [5.41, 5.74) is 1.61. The molecule has 32 heavy (non-hydrogen) atoms. The molecule has 1 aromatic heterocycles. The van der Waals surface area contributed by atoms with Crippen LogP contribution in [-0.4, -0.2) is 64.9 Å². The number of carbonyl (C=O) groups excluding carboxylic acids is 1. The average molecular weight is 430 g/mol. The lowest BCUT2D eigenvalue weighted by Crippen LogP contribution is -2.47. The van der Waals surface area contributed by atoms with Gasteiger partial charge in [-0.25, -0.2) is 9.97 Å². The standard InChI is InChI=1S/C25H27N5O2/c31-25-21-8-2-4-10-23(21)32-18-17-30(25)12-6-5-11-28-13-15-29(16-14-28)24-20-7-1-3-9-22(20)26-19-27-24/h1-4,7-10,17-19H,5-6,11-16H2. The Morgan fingerprint density at radius 1 is 0.875 bits per heavy atom. The second kappa shape index (κ2) is 9.36. The summed E-state index contributed by atoms with van der Waals surface area (Å²) in [6, 6.07) is 15.6. The van der Waals surface area contributed by atoms with Gasteiger partial charge in [-0.3, -0.25) is 9.69 Å². The Morgan fingerprint density at radius 2 is 1.66 bits per heavy atom.